The number of hydrogen-bond acceptors (Lipinski definition) is 7. The summed E-state index contributed by atoms with van der Waals surface area (Å²) in [6, 6.07) is 16.1. The molecular formula is C35H45N3O3S2. The number of aromatic nitrogens is 1. The van der Waals surface area contributed by atoms with Gasteiger partial charge in [0.2, 0.25) is 5.91 Å². The smallest absolute Gasteiger partial charge is 0.224 e. The number of Topliss-reactive ketones (excluding diaryl/α,β-unsaturated/α-hetero) is 2. The van der Waals surface area contributed by atoms with Crippen LogP contribution >= 0.6 is 23.1 Å². The van der Waals surface area contributed by atoms with Gasteiger partial charge in [0.1, 0.15) is 5.78 Å². The molecule has 1 fully saturated rings. The van der Waals surface area contributed by atoms with Gasteiger partial charge in [0.05, 0.1) is 21.1 Å². The van der Waals surface area contributed by atoms with E-state index in [0.29, 0.717) is 44.2 Å². The molecule has 43 heavy (non-hydrogen) atoms. The van der Waals surface area contributed by atoms with Crippen LogP contribution in [0.5, 0.6) is 0 Å². The summed E-state index contributed by atoms with van der Waals surface area (Å²) in [6.45, 7) is 10.8. The molecule has 0 spiro atoms. The Hall–Kier alpha value is -2.81. The van der Waals surface area contributed by atoms with Gasteiger partial charge in [-0.1, -0.05) is 56.8 Å². The van der Waals surface area contributed by atoms with Crippen LogP contribution in [-0.4, -0.2) is 64.5 Å². The van der Waals surface area contributed by atoms with Crippen LogP contribution in [0.4, 0.5) is 0 Å². The summed E-state index contributed by atoms with van der Waals surface area (Å²) in [5, 5.41) is 4.12. The molecule has 0 radical (unpaired) electrons. The van der Waals surface area contributed by atoms with Crippen molar-refractivity contribution in [3.05, 3.63) is 76.8 Å². The van der Waals surface area contributed by atoms with Crippen LogP contribution in [0.15, 0.2) is 60.7 Å². The first kappa shape index (κ1) is 33.1. The highest BCUT2D eigenvalue weighted by molar-refractivity contribution is 7.99. The Kier molecular flexibility index (Phi) is 13.0. The normalized spacial score (nSPS) is 15.2. The molecule has 230 valence electrons. The second-order valence-electron chi connectivity index (χ2n) is 11.5. The molecule has 1 saturated heterocycles. The van der Waals surface area contributed by atoms with Crippen LogP contribution in [-0.2, 0) is 33.6 Å². The summed E-state index contributed by atoms with van der Waals surface area (Å²) < 4.78 is 1.11. The number of rotatable bonds is 17. The zero-order chi connectivity index (χ0) is 30.6. The van der Waals surface area contributed by atoms with E-state index in [1.165, 1.54) is 5.56 Å². The summed E-state index contributed by atoms with van der Waals surface area (Å²) >= 11 is 3.55. The summed E-state index contributed by atoms with van der Waals surface area (Å²) in [4.78, 5) is 46.8. The Labute approximate surface area is 264 Å². The quantitative estimate of drug-likeness (QED) is 0.175. The second kappa shape index (κ2) is 16.9. The van der Waals surface area contributed by atoms with Gasteiger partial charge in [-0.25, -0.2) is 4.98 Å². The summed E-state index contributed by atoms with van der Waals surface area (Å²) in [5.41, 5.74) is 3.93. The number of ketones is 2. The van der Waals surface area contributed by atoms with Crippen molar-refractivity contribution in [2.45, 2.75) is 71.3 Å². The van der Waals surface area contributed by atoms with Gasteiger partial charge >= 0.3 is 0 Å². The van der Waals surface area contributed by atoms with Crippen LogP contribution in [0.3, 0.4) is 0 Å². The molecule has 0 bridgehead atoms. The number of fused-ring (bicyclic) bond motifs is 1. The SMILES string of the molecule is C=C(CN1CCSCC1)C(=O)CC[C@H](Cc1ccccc1)NC(=O)[C@@H](CC(=O)CCC)Cc1nc2ccc(CC)cc2s1. The monoisotopic (exact) mass is 619 g/mol. The second-order valence-corrected chi connectivity index (χ2v) is 13.8. The maximum absolute atomic E-state index is 13.8. The molecule has 2 atom stereocenters. The van der Waals surface area contributed by atoms with Crippen molar-refractivity contribution in [3.8, 4) is 0 Å². The number of benzene rings is 2. The Morgan fingerprint density at radius 1 is 1.00 bits per heavy atom. The molecule has 3 aromatic rings. The van der Waals surface area contributed by atoms with Gasteiger partial charge in [0.15, 0.2) is 5.78 Å². The molecule has 1 aromatic heterocycles. The van der Waals surface area contributed by atoms with Gasteiger partial charge in [0.25, 0.3) is 0 Å². The molecule has 4 rings (SSSR count). The van der Waals surface area contributed by atoms with E-state index in [2.05, 4.69) is 35.9 Å². The molecular weight excluding hydrogens is 575 g/mol. The number of carbonyl (C=O) groups is 3. The first-order valence-corrected chi connectivity index (χ1v) is 17.6. The topological polar surface area (TPSA) is 79.4 Å². The van der Waals surface area contributed by atoms with Crippen LogP contribution in [0.25, 0.3) is 10.2 Å². The lowest BCUT2D eigenvalue weighted by Crippen LogP contribution is -2.42. The van der Waals surface area contributed by atoms with Gasteiger partial charge < -0.3 is 5.32 Å². The molecule has 0 saturated carbocycles. The van der Waals surface area contributed by atoms with E-state index < -0.39 is 5.92 Å². The minimum Gasteiger partial charge on any atom is -0.353 e. The number of nitrogens with one attached hydrogen (secondary N) is 1. The molecule has 0 unspecified atom stereocenters. The molecule has 1 aliphatic heterocycles. The standard InChI is InChI=1S/C35H45N3O3S2/c1-4-9-30(39)22-28(23-34-37-31-14-12-26(5-2)21-33(31)43-34)35(41)36-29(20-27-10-7-6-8-11-27)13-15-32(40)25(3)24-38-16-18-42-19-17-38/h6-8,10-12,14,21,28-29H,3-5,9,13,15-20,22-24H2,1-2H3,(H,36,41)/t28-,29+/m0/s1. The van der Waals surface area contributed by atoms with Gasteiger partial charge in [-0.3, -0.25) is 19.3 Å². The average molecular weight is 620 g/mol. The third-order valence-corrected chi connectivity index (χ3v) is 9.99. The number of thioether (sulfide) groups is 1. The van der Waals surface area contributed by atoms with Crippen LogP contribution in [0.2, 0.25) is 0 Å². The van der Waals surface area contributed by atoms with E-state index in [4.69, 9.17) is 4.98 Å². The highest BCUT2D eigenvalue weighted by Crippen LogP contribution is 2.27. The van der Waals surface area contributed by atoms with Crippen molar-refractivity contribution in [2.75, 3.05) is 31.1 Å². The van der Waals surface area contributed by atoms with E-state index >= 15 is 0 Å². The van der Waals surface area contributed by atoms with Gasteiger partial charge in [-0.2, -0.15) is 11.8 Å². The minimum absolute atomic E-state index is 0.0566. The van der Waals surface area contributed by atoms with E-state index in [1.807, 2.05) is 55.1 Å². The lowest BCUT2D eigenvalue weighted by molar-refractivity contribution is -0.130. The summed E-state index contributed by atoms with van der Waals surface area (Å²) in [5.74, 6) is 1.68. The first-order chi connectivity index (χ1) is 20.8. The van der Waals surface area contributed by atoms with Crippen molar-refractivity contribution in [2.24, 2.45) is 5.92 Å². The van der Waals surface area contributed by atoms with Crippen molar-refractivity contribution < 1.29 is 14.4 Å². The van der Waals surface area contributed by atoms with E-state index in [-0.39, 0.29) is 29.9 Å². The number of carbonyl (C=O) groups excluding carboxylic acids is 3. The number of aryl methyl sites for hydroxylation is 1. The first-order valence-electron chi connectivity index (χ1n) is 15.6. The third-order valence-electron chi connectivity index (χ3n) is 8.00. The predicted molar refractivity (Wildman–Crippen MR) is 180 cm³/mol. The zero-order valence-corrected chi connectivity index (χ0v) is 27.2. The fraction of sp³-hybridized carbons (Fsp3) is 0.486. The Balaban J connectivity index is 1.46. The number of hydrogen-bond donors (Lipinski definition) is 1. The third kappa shape index (κ3) is 10.4. The van der Waals surface area contributed by atoms with Crippen molar-refractivity contribution in [1.29, 1.82) is 0 Å². The average Bonchev–Trinajstić information content (AvgIpc) is 3.42. The number of amides is 1. The van der Waals surface area contributed by atoms with Gasteiger partial charge in [-0.15, -0.1) is 11.3 Å². The van der Waals surface area contributed by atoms with Crippen molar-refractivity contribution in [3.63, 3.8) is 0 Å². The largest absolute Gasteiger partial charge is 0.353 e. The van der Waals surface area contributed by atoms with Crippen molar-refractivity contribution in [1.82, 2.24) is 15.2 Å². The molecule has 0 aliphatic carbocycles. The Bertz CT molecular complexity index is 1380. The highest BCUT2D eigenvalue weighted by Gasteiger charge is 2.26. The van der Waals surface area contributed by atoms with Gasteiger partial charge in [0, 0.05) is 68.4 Å². The van der Waals surface area contributed by atoms with Crippen LogP contribution in [0, 0.1) is 5.92 Å². The fourth-order valence-electron chi connectivity index (χ4n) is 5.49. The predicted octanol–water partition coefficient (Wildman–Crippen LogP) is 6.46. The summed E-state index contributed by atoms with van der Waals surface area (Å²) in [7, 11) is 0. The zero-order valence-electron chi connectivity index (χ0n) is 25.6. The van der Waals surface area contributed by atoms with E-state index in [1.54, 1.807) is 11.3 Å². The maximum atomic E-state index is 13.8. The molecule has 6 nitrogen and oxygen atoms in total. The van der Waals surface area contributed by atoms with Crippen LogP contribution in [0.1, 0.15) is 62.1 Å². The Morgan fingerprint density at radius 2 is 1.77 bits per heavy atom. The van der Waals surface area contributed by atoms with Crippen LogP contribution < -0.4 is 5.32 Å². The fourth-order valence-corrected chi connectivity index (χ4v) is 7.58. The highest BCUT2D eigenvalue weighted by atomic mass is 32.2. The van der Waals surface area contributed by atoms with Gasteiger partial charge in [-0.05, 0) is 48.9 Å². The minimum atomic E-state index is -0.508. The van der Waals surface area contributed by atoms with E-state index in [9.17, 15) is 14.4 Å². The lowest BCUT2D eigenvalue weighted by atomic mass is 9.94. The van der Waals surface area contributed by atoms with E-state index in [0.717, 1.165) is 58.2 Å². The molecule has 2 heterocycles. The molecule has 1 amide bonds. The lowest BCUT2D eigenvalue weighted by Gasteiger charge is -2.26. The Morgan fingerprint density at radius 3 is 2.49 bits per heavy atom. The molecule has 8 heteroatoms. The van der Waals surface area contributed by atoms with Crippen molar-refractivity contribution >= 4 is 50.8 Å². The number of thiazole rings is 1. The molecule has 2 aromatic carbocycles. The molecule has 1 aliphatic rings. The number of nitrogens with zero attached hydrogens (tertiary/aromatic N) is 2. The summed E-state index contributed by atoms with van der Waals surface area (Å²) in [6.07, 6.45) is 4.25. The maximum Gasteiger partial charge on any atom is 0.224 e. The molecule has 1 N–H and O–H groups in total.